The summed E-state index contributed by atoms with van der Waals surface area (Å²) in [6.45, 7) is 7.16. The molecule has 1 aliphatic heterocycles. The minimum absolute atomic E-state index is 0.00748. The smallest absolute Gasteiger partial charge is 0.261 e. The fourth-order valence-electron chi connectivity index (χ4n) is 2.42. The molecule has 0 atom stereocenters. The molecule has 0 spiro atoms. The van der Waals surface area contributed by atoms with Gasteiger partial charge in [0.05, 0.1) is 11.1 Å². The van der Waals surface area contributed by atoms with Crippen molar-refractivity contribution in [2.24, 2.45) is 0 Å². The maximum atomic E-state index is 12.8. The molecule has 21 heavy (non-hydrogen) atoms. The molecule has 1 aromatic rings. The molecule has 0 N–H and O–H groups in total. The molecule has 5 heteroatoms. The Kier molecular flexibility index (Phi) is 4.11. The summed E-state index contributed by atoms with van der Waals surface area (Å²) in [6, 6.07) is 3.52. The lowest BCUT2D eigenvalue weighted by Gasteiger charge is -2.40. The van der Waals surface area contributed by atoms with Crippen molar-refractivity contribution in [3.8, 4) is 0 Å². The van der Waals surface area contributed by atoms with Gasteiger partial charge in [0.1, 0.15) is 5.76 Å². The van der Waals surface area contributed by atoms with E-state index in [0.717, 1.165) is 5.56 Å². The molecule has 0 saturated carbocycles. The molecule has 0 radical (unpaired) electrons. The Hall–Kier alpha value is -2.17. The van der Waals surface area contributed by atoms with Crippen molar-refractivity contribution in [1.29, 1.82) is 0 Å². The number of aromatic nitrogens is 1. The number of pyridine rings is 1. The van der Waals surface area contributed by atoms with Crippen LogP contribution in [0.1, 0.15) is 39.7 Å². The highest BCUT2D eigenvalue weighted by Gasteiger charge is 2.41. The fraction of sp³-hybridized carbons (Fsp3) is 0.438. The van der Waals surface area contributed by atoms with Crippen LogP contribution in [-0.2, 0) is 14.3 Å². The zero-order valence-electron chi connectivity index (χ0n) is 12.8. The van der Waals surface area contributed by atoms with Gasteiger partial charge < -0.3 is 4.74 Å². The van der Waals surface area contributed by atoms with Crippen molar-refractivity contribution < 1.29 is 14.3 Å². The Morgan fingerprint density at radius 3 is 2.57 bits per heavy atom. The monoisotopic (exact) mass is 288 g/mol. The summed E-state index contributed by atoms with van der Waals surface area (Å²) < 4.78 is 5.62. The second-order valence-electron chi connectivity index (χ2n) is 5.51. The third-order valence-electron chi connectivity index (χ3n) is 3.87. The molecular weight excluding hydrogens is 268 g/mol. The van der Waals surface area contributed by atoms with E-state index in [4.69, 9.17) is 4.74 Å². The molecule has 112 valence electrons. The van der Waals surface area contributed by atoms with Gasteiger partial charge in [-0.05, 0) is 38.5 Å². The zero-order chi connectivity index (χ0) is 15.6. The summed E-state index contributed by atoms with van der Waals surface area (Å²) in [4.78, 5) is 30.4. The van der Waals surface area contributed by atoms with Gasteiger partial charge >= 0.3 is 0 Å². The van der Waals surface area contributed by atoms with Gasteiger partial charge in [0.25, 0.3) is 5.91 Å². The predicted octanol–water partition coefficient (Wildman–Crippen LogP) is 2.39. The van der Waals surface area contributed by atoms with Crippen LogP contribution in [0, 0.1) is 0 Å². The first-order valence-corrected chi connectivity index (χ1v) is 6.99. The van der Waals surface area contributed by atoms with Crippen LogP contribution in [0.3, 0.4) is 0 Å². The Morgan fingerprint density at radius 1 is 1.38 bits per heavy atom. The first-order chi connectivity index (χ1) is 9.89. The van der Waals surface area contributed by atoms with E-state index in [1.165, 1.54) is 4.90 Å². The van der Waals surface area contributed by atoms with E-state index in [0.29, 0.717) is 17.8 Å². The van der Waals surface area contributed by atoms with Crippen LogP contribution >= 0.6 is 0 Å². The summed E-state index contributed by atoms with van der Waals surface area (Å²) in [5, 5.41) is 0. The predicted molar refractivity (Wildman–Crippen MR) is 79.0 cm³/mol. The standard InChI is InChI=1S/C16H20N2O3/c1-5-13(19)16(3,4)18-10-21-11(2)14(15(18)20)12-6-8-17-9-7-12/h6-9H,5,10H2,1-4H3. The number of ether oxygens (including phenoxy) is 1. The normalized spacial score (nSPS) is 16.0. The van der Waals surface area contributed by atoms with Gasteiger partial charge in [-0.3, -0.25) is 19.5 Å². The molecule has 2 heterocycles. The number of carbonyl (C=O) groups excluding carboxylic acids is 2. The molecule has 5 nitrogen and oxygen atoms in total. The highest BCUT2D eigenvalue weighted by molar-refractivity contribution is 6.21. The second kappa shape index (κ2) is 5.68. The number of hydrogen-bond acceptors (Lipinski definition) is 4. The number of carbonyl (C=O) groups is 2. The third-order valence-corrected chi connectivity index (χ3v) is 3.87. The van der Waals surface area contributed by atoms with E-state index in [2.05, 4.69) is 4.98 Å². The van der Waals surface area contributed by atoms with Crippen LogP contribution in [0.15, 0.2) is 30.3 Å². The van der Waals surface area contributed by atoms with Crippen molar-refractivity contribution in [3.05, 3.63) is 35.8 Å². The van der Waals surface area contributed by atoms with Gasteiger partial charge in [-0.15, -0.1) is 0 Å². The van der Waals surface area contributed by atoms with E-state index >= 15 is 0 Å². The molecule has 1 aliphatic rings. The number of ketones is 1. The minimum Gasteiger partial charge on any atom is -0.477 e. The van der Waals surface area contributed by atoms with E-state index < -0.39 is 5.54 Å². The molecule has 0 fully saturated rings. The van der Waals surface area contributed by atoms with Gasteiger partial charge in [0, 0.05) is 18.8 Å². The van der Waals surface area contributed by atoms with Gasteiger partial charge in [-0.1, -0.05) is 6.92 Å². The molecule has 0 unspecified atom stereocenters. The van der Waals surface area contributed by atoms with Gasteiger partial charge in [-0.25, -0.2) is 0 Å². The van der Waals surface area contributed by atoms with Crippen LogP contribution in [0.5, 0.6) is 0 Å². The first kappa shape index (κ1) is 15.2. The van der Waals surface area contributed by atoms with Gasteiger partial charge in [0.2, 0.25) is 0 Å². The van der Waals surface area contributed by atoms with E-state index in [1.807, 2.05) is 0 Å². The van der Waals surface area contributed by atoms with Crippen LogP contribution in [0.4, 0.5) is 0 Å². The Bertz CT molecular complexity index is 591. The zero-order valence-corrected chi connectivity index (χ0v) is 12.8. The molecule has 0 aliphatic carbocycles. The number of Topliss-reactive ketones (excluding diaryl/α,β-unsaturated/α-hetero) is 1. The topological polar surface area (TPSA) is 59.5 Å². The summed E-state index contributed by atoms with van der Waals surface area (Å²) in [5.41, 5.74) is 0.350. The van der Waals surface area contributed by atoms with Gasteiger partial charge in [0.15, 0.2) is 12.5 Å². The summed E-state index contributed by atoms with van der Waals surface area (Å²) in [5.74, 6) is 0.395. The maximum absolute atomic E-state index is 12.8. The molecule has 0 aromatic carbocycles. The first-order valence-electron chi connectivity index (χ1n) is 6.99. The SMILES string of the molecule is CCC(=O)C(C)(C)N1COC(C)=C(c2ccncc2)C1=O. The summed E-state index contributed by atoms with van der Waals surface area (Å²) >= 11 is 0. The van der Waals surface area contributed by atoms with Crippen LogP contribution in [0.25, 0.3) is 5.57 Å². The fourth-order valence-corrected chi connectivity index (χ4v) is 2.42. The molecule has 1 amide bonds. The number of nitrogens with zero attached hydrogens (tertiary/aromatic N) is 2. The number of rotatable bonds is 4. The highest BCUT2D eigenvalue weighted by Crippen LogP contribution is 2.30. The number of amides is 1. The van der Waals surface area contributed by atoms with E-state index in [9.17, 15) is 9.59 Å². The van der Waals surface area contributed by atoms with Crippen molar-refractivity contribution in [2.45, 2.75) is 39.7 Å². The lowest BCUT2D eigenvalue weighted by molar-refractivity contribution is -0.148. The van der Waals surface area contributed by atoms with E-state index in [1.54, 1.807) is 52.2 Å². The van der Waals surface area contributed by atoms with Crippen molar-refractivity contribution in [2.75, 3.05) is 6.73 Å². The maximum Gasteiger partial charge on any atom is 0.261 e. The Labute approximate surface area is 124 Å². The number of hydrogen-bond donors (Lipinski definition) is 0. The second-order valence-corrected chi connectivity index (χ2v) is 5.51. The van der Waals surface area contributed by atoms with Crippen LogP contribution in [0.2, 0.25) is 0 Å². The largest absolute Gasteiger partial charge is 0.477 e. The average Bonchev–Trinajstić information content (AvgIpc) is 2.47. The molecule has 1 aromatic heterocycles. The number of allylic oxidation sites excluding steroid dienone is 1. The highest BCUT2D eigenvalue weighted by atomic mass is 16.5. The Morgan fingerprint density at radius 2 is 2.00 bits per heavy atom. The average molecular weight is 288 g/mol. The van der Waals surface area contributed by atoms with E-state index in [-0.39, 0.29) is 18.4 Å². The quantitative estimate of drug-likeness (QED) is 0.853. The molecule has 0 bridgehead atoms. The van der Waals surface area contributed by atoms with Crippen LogP contribution < -0.4 is 0 Å². The summed E-state index contributed by atoms with van der Waals surface area (Å²) in [6.07, 6.45) is 3.64. The lowest BCUT2D eigenvalue weighted by atomic mass is 9.92. The van der Waals surface area contributed by atoms with Crippen LogP contribution in [-0.4, -0.2) is 33.8 Å². The minimum atomic E-state index is -0.884. The molecule has 2 rings (SSSR count). The van der Waals surface area contributed by atoms with Gasteiger partial charge in [-0.2, -0.15) is 0 Å². The molecule has 0 saturated heterocycles. The van der Waals surface area contributed by atoms with Crippen molar-refractivity contribution in [1.82, 2.24) is 9.88 Å². The Balaban J connectivity index is 2.41. The lowest BCUT2D eigenvalue weighted by Crippen LogP contribution is -2.55. The van der Waals surface area contributed by atoms with Crippen molar-refractivity contribution in [3.63, 3.8) is 0 Å². The third kappa shape index (κ3) is 2.68. The van der Waals surface area contributed by atoms with Crippen molar-refractivity contribution >= 4 is 17.3 Å². The molecular formula is C16H20N2O3. The summed E-state index contributed by atoms with van der Waals surface area (Å²) in [7, 11) is 0.